The fourth-order valence-electron chi connectivity index (χ4n) is 1.30. The lowest BCUT2D eigenvalue weighted by atomic mass is 10.5. The lowest BCUT2D eigenvalue weighted by Gasteiger charge is -2.26. The Morgan fingerprint density at radius 2 is 2.18 bits per heavy atom. The molecule has 92 valence electrons. The van der Waals surface area contributed by atoms with Crippen LogP contribution in [-0.2, 0) is 9.59 Å². The average Bonchev–Trinajstić information content (AvgIpc) is 2.60. The Kier molecular flexibility index (Phi) is 3.89. The number of nitrogens with one attached hydrogen (secondary N) is 2. The minimum absolute atomic E-state index is 0.0452. The fourth-order valence-corrected chi connectivity index (χ4v) is 2.86. The van der Waals surface area contributed by atoms with Gasteiger partial charge in [0.15, 0.2) is 5.37 Å². The number of thioether (sulfide) groups is 2. The van der Waals surface area contributed by atoms with Crippen molar-refractivity contribution in [3.8, 4) is 0 Å². The Balaban J connectivity index is 2.13. The highest BCUT2D eigenvalue weighted by Crippen LogP contribution is 2.21. The van der Waals surface area contributed by atoms with E-state index in [4.69, 9.17) is 0 Å². The molecule has 0 aromatic rings. The highest BCUT2D eigenvalue weighted by atomic mass is 32.2. The SMILES string of the molecule is O=C1CSC(=O)N(C2SC=NCNC2=O)CN1. The van der Waals surface area contributed by atoms with E-state index >= 15 is 0 Å². The molecule has 1 saturated heterocycles. The zero-order valence-electron chi connectivity index (χ0n) is 8.71. The van der Waals surface area contributed by atoms with Gasteiger partial charge in [0.1, 0.15) is 6.67 Å². The molecule has 2 rings (SSSR count). The molecule has 7 nitrogen and oxygen atoms in total. The average molecular weight is 274 g/mol. The van der Waals surface area contributed by atoms with Crippen molar-refractivity contribution in [2.45, 2.75) is 5.37 Å². The van der Waals surface area contributed by atoms with Crippen LogP contribution in [0.15, 0.2) is 4.99 Å². The van der Waals surface area contributed by atoms with Gasteiger partial charge >= 0.3 is 0 Å². The van der Waals surface area contributed by atoms with Crippen LogP contribution in [0, 0.1) is 0 Å². The maximum absolute atomic E-state index is 11.8. The molecule has 9 heteroatoms. The lowest BCUT2D eigenvalue weighted by molar-refractivity contribution is -0.123. The first-order valence-corrected chi connectivity index (χ1v) is 6.73. The maximum Gasteiger partial charge on any atom is 0.284 e. The quantitative estimate of drug-likeness (QED) is 0.666. The largest absolute Gasteiger partial charge is 0.338 e. The number of nitrogens with zero attached hydrogens (tertiary/aromatic N) is 2. The highest BCUT2D eigenvalue weighted by molar-refractivity contribution is 8.14. The summed E-state index contributed by atoms with van der Waals surface area (Å²) in [6.07, 6.45) is 0. The Labute approximate surface area is 106 Å². The third-order valence-corrected chi connectivity index (χ3v) is 4.01. The summed E-state index contributed by atoms with van der Waals surface area (Å²) in [4.78, 5) is 39.9. The Hall–Kier alpha value is -1.22. The molecule has 0 aromatic heterocycles. The second kappa shape index (κ2) is 5.41. The second-order valence-electron chi connectivity index (χ2n) is 3.26. The molecule has 2 heterocycles. The van der Waals surface area contributed by atoms with Gasteiger partial charge in [-0.25, -0.2) is 0 Å². The van der Waals surface area contributed by atoms with Crippen LogP contribution in [0.3, 0.4) is 0 Å². The van der Waals surface area contributed by atoms with Crippen LogP contribution in [0.2, 0.25) is 0 Å². The first-order valence-electron chi connectivity index (χ1n) is 4.80. The third kappa shape index (κ3) is 2.91. The van der Waals surface area contributed by atoms with Crippen LogP contribution in [0.1, 0.15) is 0 Å². The predicted molar refractivity (Wildman–Crippen MR) is 65.6 cm³/mol. The van der Waals surface area contributed by atoms with Gasteiger partial charge in [0.25, 0.3) is 11.1 Å². The number of carbonyl (C=O) groups excluding carboxylic acids is 3. The van der Waals surface area contributed by atoms with E-state index in [0.29, 0.717) is 0 Å². The molecule has 17 heavy (non-hydrogen) atoms. The van der Waals surface area contributed by atoms with Crippen molar-refractivity contribution in [2.75, 3.05) is 19.1 Å². The molecule has 2 aliphatic heterocycles. The van der Waals surface area contributed by atoms with Gasteiger partial charge < -0.3 is 10.6 Å². The molecule has 2 aliphatic rings. The molecule has 0 spiro atoms. The molecular formula is C8H10N4O3S2. The van der Waals surface area contributed by atoms with Crippen molar-refractivity contribution in [3.05, 3.63) is 0 Å². The van der Waals surface area contributed by atoms with Crippen molar-refractivity contribution >= 4 is 46.1 Å². The standard InChI is InChI=1S/C8H10N4O3S2/c13-5-1-16-8(15)12(3-11-5)7-6(14)10-2-9-4-17-7/h4,7H,1-3H2,(H,10,14)(H,11,13). The number of carbonyl (C=O) groups is 3. The molecule has 1 unspecified atom stereocenters. The minimum Gasteiger partial charge on any atom is -0.338 e. The van der Waals surface area contributed by atoms with E-state index in [1.807, 2.05) is 0 Å². The van der Waals surface area contributed by atoms with E-state index in [9.17, 15) is 14.4 Å². The van der Waals surface area contributed by atoms with Crippen LogP contribution >= 0.6 is 23.5 Å². The summed E-state index contributed by atoms with van der Waals surface area (Å²) in [7, 11) is 0. The van der Waals surface area contributed by atoms with Crippen LogP contribution < -0.4 is 10.6 Å². The van der Waals surface area contributed by atoms with Gasteiger partial charge in [0, 0.05) is 0 Å². The maximum atomic E-state index is 11.8. The monoisotopic (exact) mass is 274 g/mol. The van der Waals surface area contributed by atoms with E-state index in [2.05, 4.69) is 15.6 Å². The van der Waals surface area contributed by atoms with Crippen LogP contribution in [0.25, 0.3) is 0 Å². The third-order valence-electron chi connectivity index (χ3n) is 2.12. The highest BCUT2D eigenvalue weighted by Gasteiger charge is 2.33. The van der Waals surface area contributed by atoms with Gasteiger partial charge in [-0.05, 0) is 0 Å². The number of aliphatic imine (C=N–C) groups is 1. The Morgan fingerprint density at radius 1 is 1.35 bits per heavy atom. The topological polar surface area (TPSA) is 90.9 Å². The van der Waals surface area contributed by atoms with Gasteiger partial charge in [-0.1, -0.05) is 23.5 Å². The molecule has 0 bridgehead atoms. The minimum atomic E-state index is -0.681. The summed E-state index contributed by atoms with van der Waals surface area (Å²) < 4.78 is 0. The summed E-state index contributed by atoms with van der Waals surface area (Å²) in [5.41, 5.74) is 1.53. The van der Waals surface area contributed by atoms with Gasteiger partial charge in [0.2, 0.25) is 5.91 Å². The van der Waals surface area contributed by atoms with Crippen molar-refractivity contribution in [1.82, 2.24) is 15.5 Å². The number of hydrogen-bond acceptors (Lipinski definition) is 6. The summed E-state index contributed by atoms with van der Waals surface area (Å²) in [5, 5.41) is 4.17. The lowest BCUT2D eigenvalue weighted by Crippen LogP contribution is -2.49. The van der Waals surface area contributed by atoms with E-state index in [1.54, 1.807) is 0 Å². The fraction of sp³-hybridized carbons (Fsp3) is 0.500. The predicted octanol–water partition coefficient (Wildman–Crippen LogP) is -0.596. The van der Waals surface area contributed by atoms with Gasteiger partial charge in [-0.2, -0.15) is 0 Å². The van der Waals surface area contributed by atoms with Crippen LogP contribution in [-0.4, -0.2) is 52.0 Å². The molecule has 0 saturated carbocycles. The van der Waals surface area contributed by atoms with Gasteiger partial charge in [-0.3, -0.25) is 24.3 Å². The first-order chi connectivity index (χ1) is 8.18. The summed E-state index contributed by atoms with van der Waals surface area (Å²) in [5.74, 6) is -0.404. The molecule has 0 radical (unpaired) electrons. The van der Waals surface area contributed by atoms with Gasteiger partial charge in [0.05, 0.1) is 18.0 Å². The summed E-state index contributed by atoms with van der Waals surface area (Å²) in [6, 6.07) is 0. The van der Waals surface area contributed by atoms with E-state index in [1.165, 1.54) is 10.4 Å². The van der Waals surface area contributed by atoms with Crippen molar-refractivity contribution in [2.24, 2.45) is 4.99 Å². The second-order valence-corrected chi connectivity index (χ2v) is 5.11. The number of hydrogen-bond donors (Lipinski definition) is 2. The number of rotatable bonds is 1. The molecule has 0 aromatic carbocycles. The van der Waals surface area contributed by atoms with Gasteiger partial charge in [-0.15, -0.1) is 0 Å². The smallest absolute Gasteiger partial charge is 0.284 e. The molecule has 1 fully saturated rings. The molecule has 3 amide bonds. The molecule has 2 N–H and O–H groups in total. The normalized spacial score (nSPS) is 26.0. The van der Waals surface area contributed by atoms with E-state index < -0.39 is 5.37 Å². The number of amides is 3. The van der Waals surface area contributed by atoms with Crippen molar-refractivity contribution in [3.63, 3.8) is 0 Å². The van der Waals surface area contributed by atoms with E-state index in [-0.39, 0.29) is 36.1 Å². The first kappa shape index (κ1) is 12.2. The molecular weight excluding hydrogens is 264 g/mol. The van der Waals surface area contributed by atoms with E-state index in [0.717, 1.165) is 23.5 Å². The molecule has 0 aliphatic carbocycles. The molecule has 1 atom stereocenters. The van der Waals surface area contributed by atoms with Crippen molar-refractivity contribution < 1.29 is 14.4 Å². The summed E-state index contributed by atoms with van der Waals surface area (Å²) >= 11 is 2.04. The Morgan fingerprint density at radius 3 is 3.00 bits per heavy atom. The summed E-state index contributed by atoms with van der Waals surface area (Å²) in [6.45, 7) is 0.257. The van der Waals surface area contributed by atoms with Crippen LogP contribution in [0.4, 0.5) is 4.79 Å². The zero-order valence-corrected chi connectivity index (χ0v) is 10.3. The van der Waals surface area contributed by atoms with Crippen LogP contribution in [0.5, 0.6) is 0 Å². The Bertz CT molecular complexity index is 387. The van der Waals surface area contributed by atoms with Crippen molar-refractivity contribution in [1.29, 1.82) is 0 Å². The zero-order chi connectivity index (χ0) is 12.3.